The van der Waals surface area contributed by atoms with Crippen molar-refractivity contribution in [2.75, 3.05) is 24.3 Å². The second kappa shape index (κ2) is 11.1. The molecule has 5 N–H and O–H groups in total. The number of thiazole rings is 2. The Balaban J connectivity index is 1.47. The van der Waals surface area contributed by atoms with Crippen molar-refractivity contribution >= 4 is 80.8 Å². The standard InChI is InChI=1S/C20H20N6O7S4/c1-7-9(3-11(27)28)23-20(37-7)36-5-8-4-34-17-13(16(30)26(17)14(8)18(31)32)24-15(29)12(25-33-2)10-6-35-19(21)22-10/h6,13,17H,3-5H2,1-2H3,(H2,21,22)(H,24,29)(H,27,28)(H,31,32)/b25-12-/t13-,17-/m1/s1. The highest BCUT2D eigenvalue weighted by Crippen LogP contribution is 2.42. The summed E-state index contributed by atoms with van der Waals surface area (Å²) in [5.74, 6) is -2.91. The summed E-state index contributed by atoms with van der Waals surface area (Å²) in [7, 11) is 1.26. The minimum atomic E-state index is -1.25. The minimum Gasteiger partial charge on any atom is -0.481 e. The van der Waals surface area contributed by atoms with E-state index in [0.717, 1.165) is 16.2 Å². The van der Waals surface area contributed by atoms with Gasteiger partial charge in [-0.3, -0.25) is 19.3 Å². The van der Waals surface area contributed by atoms with Crippen molar-refractivity contribution in [1.29, 1.82) is 0 Å². The number of thioether (sulfide) groups is 2. The van der Waals surface area contributed by atoms with Crippen molar-refractivity contribution in [3.05, 3.63) is 32.9 Å². The van der Waals surface area contributed by atoms with Crippen LogP contribution in [0.3, 0.4) is 0 Å². The van der Waals surface area contributed by atoms with Crippen molar-refractivity contribution in [3.63, 3.8) is 0 Å². The Morgan fingerprint density at radius 2 is 2.11 bits per heavy atom. The summed E-state index contributed by atoms with van der Waals surface area (Å²) in [6.45, 7) is 1.78. The molecule has 0 radical (unpaired) electrons. The molecule has 0 aromatic carbocycles. The molecule has 2 atom stereocenters. The highest BCUT2D eigenvalue weighted by Gasteiger charge is 2.54. The lowest BCUT2D eigenvalue weighted by molar-refractivity contribution is -0.150. The van der Waals surface area contributed by atoms with E-state index in [9.17, 15) is 24.3 Å². The first-order chi connectivity index (χ1) is 17.6. The third-order valence-electron chi connectivity index (χ3n) is 5.26. The zero-order chi connectivity index (χ0) is 26.9. The topological polar surface area (TPSA) is 197 Å². The Labute approximate surface area is 226 Å². The molecule has 1 saturated heterocycles. The summed E-state index contributed by atoms with van der Waals surface area (Å²) in [6.07, 6.45) is -0.189. The lowest BCUT2D eigenvalue weighted by Crippen LogP contribution is -2.71. The van der Waals surface area contributed by atoms with Gasteiger partial charge in [-0.1, -0.05) is 16.9 Å². The molecule has 0 spiro atoms. The normalized spacial score (nSPS) is 19.4. The molecule has 13 nitrogen and oxygen atoms in total. The smallest absolute Gasteiger partial charge is 0.352 e. The van der Waals surface area contributed by atoms with E-state index in [2.05, 4.69) is 20.4 Å². The molecular formula is C20H20N6O7S4. The molecule has 2 amide bonds. The number of carboxylic acid groups (broad SMARTS) is 2. The molecule has 4 rings (SSSR count). The molecular weight excluding hydrogens is 565 g/mol. The maximum atomic E-state index is 13.0. The number of carbonyl (C=O) groups is 4. The number of amides is 2. The third kappa shape index (κ3) is 5.58. The maximum Gasteiger partial charge on any atom is 0.352 e. The zero-order valence-electron chi connectivity index (χ0n) is 19.3. The lowest BCUT2D eigenvalue weighted by atomic mass is 10.0. The van der Waals surface area contributed by atoms with E-state index >= 15 is 0 Å². The number of β-lactam (4-membered cyclic amide) rings is 1. The van der Waals surface area contributed by atoms with Gasteiger partial charge in [-0.2, -0.15) is 0 Å². The number of hydrogen-bond donors (Lipinski definition) is 4. The fourth-order valence-electron chi connectivity index (χ4n) is 3.62. The van der Waals surface area contributed by atoms with Crippen LogP contribution in [0, 0.1) is 6.92 Å². The first-order valence-corrected chi connectivity index (χ1v) is 14.2. The molecule has 196 valence electrons. The van der Waals surface area contributed by atoms with Crippen LogP contribution < -0.4 is 11.1 Å². The van der Waals surface area contributed by atoms with Crippen LogP contribution in [0.15, 0.2) is 26.1 Å². The Morgan fingerprint density at radius 3 is 2.73 bits per heavy atom. The van der Waals surface area contributed by atoms with Crippen molar-refractivity contribution < 1.29 is 34.2 Å². The van der Waals surface area contributed by atoms with Crippen LogP contribution in [-0.2, 0) is 30.4 Å². The van der Waals surface area contributed by atoms with Gasteiger partial charge in [0.25, 0.3) is 11.8 Å². The number of carboxylic acids is 2. The number of aliphatic carboxylic acids is 2. The molecule has 17 heteroatoms. The lowest BCUT2D eigenvalue weighted by Gasteiger charge is -2.49. The van der Waals surface area contributed by atoms with Crippen LogP contribution in [0.25, 0.3) is 0 Å². The van der Waals surface area contributed by atoms with Gasteiger partial charge in [0.1, 0.15) is 29.9 Å². The number of nitrogen functional groups attached to an aromatic ring is 1. The Morgan fingerprint density at radius 1 is 1.35 bits per heavy atom. The summed E-state index contributed by atoms with van der Waals surface area (Å²) in [6, 6.07) is -0.959. The number of nitrogens with two attached hydrogens (primary N) is 1. The summed E-state index contributed by atoms with van der Waals surface area (Å²) in [4.78, 5) is 64.0. The molecule has 2 aromatic rings. The number of nitrogens with one attached hydrogen (secondary N) is 1. The fraction of sp³-hybridized carbons (Fsp3) is 0.350. The molecule has 37 heavy (non-hydrogen) atoms. The summed E-state index contributed by atoms with van der Waals surface area (Å²) < 4.78 is 0.617. The Kier molecular flexibility index (Phi) is 8.05. The quantitative estimate of drug-likeness (QED) is 0.134. The molecule has 2 aliphatic rings. The van der Waals surface area contributed by atoms with Gasteiger partial charge in [0.05, 0.1) is 12.1 Å². The number of oxime groups is 1. The second-order valence-electron chi connectivity index (χ2n) is 7.65. The number of aryl methyl sites for hydroxylation is 1. The molecule has 0 bridgehead atoms. The molecule has 0 aliphatic carbocycles. The SMILES string of the molecule is CO/N=C(\C(=O)N[C@@H]1C(=O)N2C(C(=O)O)=C(CSc3nc(CC(=O)O)c(C)s3)CS[C@H]12)c1csc(N)n1. The predicted molar refractivity (Wildman–Crippen MR) is 139 cm³/mol. The van der Waals surface area contributed by atoms with Crippen molar-refractivity contribution in [1.82, 2.24) is 20.2 Å². The number of aromatic nitrogens is 2. The van der Waals surface area contributed by atoms with Gasteiger partial charge < -0.3 is 26.1 Å². The number of hydrogen-bond acceptors (Lipinski definition) is 13. The number of anilines is 1. The molecule has 2 aromatic heterocycles. The molecule has 2 aliphatic heterocycles. The van der Waals surface area contributed by atoms with E-state index in [4.69, 9.17) is 15.7 Å². The molecule has 0 saturated carbocycles. The number of carbonyl (C=O) groups excluding carboxylic acids is 2. The number of rotatable bonds is 10. The zero-order valence-corrected chi connectivity index (χ0v) is 22.6. The van der Waals surface area contributed by atoms with Gasteiger partial charge >= 0.3 is 11.9 Å². The minimum absolute atomic E-state index is 0.121. The van der Waals surface area contributed by atoms with Gasteiger partial charge in [0, 0.05) is 21.8 Å². The highest BCUT2D eigenvalue weighted by atomic mass is 32.2. The van der Waals surface area contributed by atoms with Crippen molar-refractivity contribution in [3.8, 4) is 0 Å². The summed E-state index contributed by atoms with van der Waals surface area (Å²) in [5.41, 5.74) is 6.55. The van der Waals surface area contributed by atoms with Gasteiger partial charge in [-0.25, -0.2) is 14.8 Å². The number of fused-ring (bicyclic) bond motifs is 1. The van der Waals surface area contributed by atoms with Crippen molar-refractivity contribution in [2.24, 2.45) is 5.16 Å². The largest absolute Gasteiger partial charge is 0.481 e. The average Bonchev–Trinajstić information content (AvgIpc) is 3.42. The van der Waals surface area contributed by atoms with Gasteiger partial charge in [0.2, 0.25) is 0 Å². The van der Waals surface area contributed by atoms with Crippen LogP contribution in [-0.4, -0.2) is 84.6 Å². The van der Waals surface area contributed by atoms with Crippen LogP contribution in [0.5, 0.6) is 0 Å². The van der Waals surface area contributed by atoms with Crippen molar-refractivity contribution in [2.45, 2.75) is 29.1 Å². The molecule has 0 unspecified atom stereocenters. The predicted octanol–water partition coefficient (Wildman–Crippen LogP) is 0.999. The van der Waals surface area contributed by atoms with E-state index in [1.165, 1.54) is 52.3 Å². The van der Waals surface area contributed by atoms with Gasteiger partial charge in [-0.05, 0) is 12.5 Å². The van der Waals surface area contributed by atoms with E-state index in [1.54, 1.807) is 6.92 Å². The van der Waals surface area contributed by atoms with Crippen LogP contribution in [0.1, 0.15) is 16.3 Å². The fourth-order valence-corrected chi connectivity index (χ4v) is 7.79. The van der Waals surface area contributed by atoms with Gasteiger partial charge in [0.15, 0.2) is 15.2 Å². The molecule has 4 heterocycles. The van der Waals surface area contributed by atoms with E-state index in [1.807, 2.05) is 0 Å². The first-order valence-electron chi connectivity index (χ1n) is 10.4. The third-order valence-corrected chi connectivity index (χ3v) is 9.52. The average molecular weight is 585 g/mol. The summed E-state index contributed by atoms with van der Waals surface area (Å²) >= 11 is 5.06. The van der Waals surface area contributed by atoms with E-state index in [0.29, 0.717) is 21.4 Å². The van der Waals surface area contributed by atoms with Gasteiger partial charge in [-0.15, -0.1) is 34.4 Å². The summed E-state index contributed by atoms with van der Waals surface area (Å²) in [5, 5.41) is 26.3. The van der Waals surface area contributed by atoms with Crippen LogP contribution in [0.4, 0.5) is 5.13 Å². The first kappa shape index (κ1) is 26.9. The number of nitrogens with zero attached hydrogens (tertiary/aromatic N) is 4. The monoisotopic (exact) mass is 584 g/mol. The van der Waals surface area contributed by atoms with E-state index in [-0.39, 0.29) is 34.4 Å². The van der Waals surface area contributed by atoms with E-state index < -0.39 is 35.2 Å². The Hall–Kier alpha value is -3.15. The highest BCUT2D eigenvalue weighted by molar-refractivity contribution is 8.01. The van der Waals surface area contributed by atoms with Crippen LogP contribution >= 0.6 is 46.2 Å². The molecule has 1 fully saturated rings. The second-order valence-corrected chi connectivity index (χ2v) is 12.1. The maximum absolute atomic E-state index is 13.0. The Bertz CT molecular complexity index is 1340. The van der Waals surface area contributed by atoms with Crippen LogP contribution in [0.2, 0.25) is 0 Å².